The third-order valence-electron chi connectivity index (χ3n) is 9.01. The average molecular weight is 665 g/mol. The maximum Gasteiger partial charge on any atom is -0.000898 e. The Morgan fingerprint density at radius 3 is 1.14 bits per heavy atom. The summed E-state index contributed by atoms with van der Waals surface area (Å²) in [6.07, 6.45) is 8.23. The van der Waals surface area contributed by atoms with Gasteiger partial charge in [0.15, 0.2) is 0 Å². The Labute approximate surface area is 273 Å². The van der Waals surface area contributed by atoms with Crippen molar-refractivity contribution in [3.05, 3.63) is 0 Å². The van der Waals surface area contributed by atoms with E-state index in [0.29, 0.717) is 20.6 Å². The van der Waals surface area contributed by atoms with Crippen LogP contribution in [0.5, 0.6) is 0 Å². The Bertz CT molecular complexity index is 679. The second-order valence-electron chi connectivity index (χ2n) is 17.3. The van der Waals surface area contributed by atoms with Gasteiger partial charge in [0.1, 0.15) is 0 Å². The molecule has 2 nitrogen and oxygen atoms in total. The van der Waals surface area contributed by atoms with Crippen LogP contribution in [0.1, 0.15) is 137 Å². The van der Waals surface area contributed by atoms with Gasteiger partial charge in [-0.25, -0.2) is 0 Å². The number of hydrogen-bond acceptors (Lipinski definition) is 2. The highest BCUT2D eigenvalue weighted by atomic mass is 31.1. The zero-order valence-corrected chi connectivity index (χ0v) is 35.7. The fraction of sp³-hybridized carbons (Fsp3) is 1.00. The van der Waals surface area contributed by atoms with Gasteiger partial charge in [0.05, 0.1) is 0 Å². The van der Waals surface area contributed by atoms with E-state index in [1.807, 2.05) is 0 Å². The zero-order valence-electron chi connectivity index (χ0n) is 32.2. The molecule has 0 aliphatic rings. The van der Waals surface area contributed by atoms with Crippen molar-refractivity contribution in [2.75, 3.05) is 50.8 Å². The van der Waals surface area contributed by atoms with Gasteiger partial charge in [-0.1, -0.05) is 148 Å². The minimum absolute atomic E-state index is 0.0196. The topological polar surface area (TPSA) is 24.1 Å². The quantitative estimate of drug-likeness (QED) is 0.1000. The van der Waals surface area contributed by atoms with E-state index in [1.165, 1.54) is 63.7 Å². The smallest absolute Gasteiger partial charge is 0.000898 e. The van der Waals surface area contributed by atoms with Crippen LogP contribution >= 0.6 is 31.7 Å². The molecule has 0 amide bonds. The average Bonchev–Trinajstić information content (AvgIpc) is 2.78. The minimum atomic E-state index is -0.0811. The molecule has 6 heteroatoms. The minimum Gasteiger partial charge on any atom is -0.316 e. The van der Waals surface area contributed by atoms with Crippen LogP contribution in [0.25, 0.3) is 0 Å². The van der Waals surface area contributed by atoms with Gasteiger partial charge < -0.3 is 10.6 Å². The molecule has 0 aromatic heterocycles. The predicted octanol–water partition coefficient (Wildman–Crippen LogP) is 11.7. The number of rotatable bonds is 20. The van der Waals surface area contributed by atoms with Gasteiger partial charge in [0.25, 0.3) is 0 Å². The molecule has 0 aliphatic carbocycles. The highest BCUT2D eigenvalue weighted by Gasteiger charge is 2.38. The van der Waals surface area contributed by atoms with Crippen LogP contribution in [0.2, 0.25) is 0 Å². The Morgan fingerprint density at radius 2 is 0.786 bits per heavy atom. The van der Waals surface area contributed by atoms with Crippen molar-refractivity contribution in [2.24, 2.45) is 0 Å². The first kappa shape index (κ1) is 43.6. The maximum atomic E-state index is 3.92. The van der Waals surface area contributed by atoms with Crippen LogP contribution in [0.3, 0.4) is 0 Å². The van der Waals surface area contributed by atoms with Gasteiger partial charge in [-0.05, 0) is 107 Å². The first-order valence-electron chi connectivity index (χ1n) is 17.4. The number of nitrogens with one attached hydrogen (secondary N) is 2. The molecule has 0 radical (unpaired) electrons. The summed E-state index contributed by atoms with van der Waals surface area (Å²) >= 11 is 0. The molecule has 0 rings (SSSR count). The van der Waals surface area contributed by atoms with Gasteiger partial charge in [0, 0.05) is 0 Å². The molecular formula is C36H80N2P4. The van der Waals surface area contributed by atoms with Gasteiger partial charge in [-0.3, -0.25) is 0 Å². The molecule has 3 unspecified atom stereocenters. The van der Waals surface area contributed by atoms with Crippen molar-refractivity contribution >= 4 is 31.7 Å². The molecule has 2 N–H and O–H groups in total. The van der Waals surface area contributed by atoms with Crippen molar-refractivity contribution in [1.82, 2.24) is 10.6 Å². The summed E-state index contributed by atoms with van der Waals surface area (Å²) in [4.78, 5) is 0. The van der Waals surface area contributed by atoms with Crippen LogP contribution in [-0.2, 0) is 0 Å². The standard InChI is InChI=1S/C36H80N2P4/c1-29(2)39(30(3)4)25-21-37-22-26-40(31(5)6)32(7)19-20-36(17,18)42(35(14,15)16)28-24-38-23-27-41(33(8,9)10)34(11,12)13/h29-32,37-38H,19-28H2,1-18H3. The van der Waals surface area contributed by atoms with Crippen molar-refractivity contribution in [2.45, 2.75) is 181 Å². The largest absolute Gasteiger partial charge is 0.316 e. The lowest BCUT2D eigenvalue weighted by molar-refractivity contribution is 0.567. The molecule has 42 heavy (non-hydrogen) atoms. The Balaban J connectivity index is 4.98. The lowest BCUT2D eigenvalue weighted by Gasteiger charge is -2.45. The number of hydrogen-bond donors (Lipinski definition) is 2. The summed E-state index contributed by atoms with van der Waals surface area (Å²) in [5.41, 5.74) is 3.38. The first-order chi connectivity index (χ1) is 18.9. The van der Waals surface area contributed by atoms with E-state index in [1.54, 1.807) is 0 Å². The molecule has 3 atom stereocenters. The summed E-state index contributed by atoms with van der Waals surface area (Å²) in [5.74, 6) is 0. The van der Waals surface area contributed by atoms with E-state index in [2.05, 4.69) is 135 Å². The zero-order chi connectivity index (χ0) is 33.1. The molecule has 0 fully saturated rings. The molecule has 0 heterocycles. The summed E-state index contributed by atoms with van der Waals surface area (Å²) in [7, 11) is 0.110. The first-order valence-corrected chi connectivity index (χ1v) is 23.8. The third kappa shape index (κ3) is 17.0. The van der Waals surface area contributed by atoms with Crippen molar-refractivity contribution in [3.8, 4) is 0 Å². The Hall–Kier alpha value is 1.64. The van der Waals surface area contributed by atoms with Crippen LogP contribution in [-0.4, -0.2) is 94.1 Å². The molecule has 0 spiro atoms. The van der Waals surface area contributed by atoms with Crippen LogP contribution in [0.4, 0.5) is 0 Å². The fourth-order valence-corrected chi connectivity index (χ4v) is 20.3. The van der Waals surface area contributed by atoms with E-state index >= 15 is 0 Å². The van der Waals surface area contributed by atoms with Gasteiger partial charge in [-0.2, -0.15) is 0 Å². The Kier molecular flexibility index (Phi) is 20.2. The summed E-state index contributed by atoms with van der Waals surface area (Å²) in [6, 6.07) is 0. The molecule has 0 aromatic carbocycles. The van der Waals surface area contributed by atoms with E-state index in [0.717, 1.165) is 22.6 Å². The van der Waals surface area contributed by atoms with Crippen molar-refractivity contribution < 1.29 is 0 Å². The van der Waals surface area contributed by atoms with E-state index < -0.39 is 0 Å². The fourth-order valence-electron chi connectivity index (χ4n) is 7.23. The second-order valence-corrected chi connectivity index (χ2v) is 32.0. The highest BCUT2D eigenvalue weighted by molar-refractivity contribution is 7.61. The molecular weight excluding hydrogens is 584 g/mol. The molecule has 0 bridgehead atoms. The normalized spacial score (nSPS) is 16.4. The van der Waals surface area contributed by atoms with Gasteiger partial charge in [-0.15, -0.1) is 7.92 Å². The van der Waals surface area contributed by atoms with Gasteiger partial charge in [0.2, 0.25) is 0 Å². The van der Waals surface area contributed by atoms with E-state index in [9.17, 15) is 0 Å². The lowest BCUT2D eigenvalue weighted by Crippen LogP contribution is -2.34. The summed E-state index contributed by atoms with van der Waals surface area (Å²) < 4.78 is 0. The highest BCUT2D eigenvalue weighted by Crippen LogP contribution is 2.62. The predicted molar refractivity (Wildman–Crippen MR) is 210 cm³/mol. The second kappa shape index (κ2) is 19.5. The SMILES string of the molecule is CC(C)P(CCNCCP(C(C)C)C(C)CCC(C)(C)P(CCNCCP(C(C)(C)C)C(C)(C)C)C(C)(C)C)C(C)C. The van der Waals surface area contributed by atoms with Crippen LogP contribution in [0, 0.1) is 0 Å². The summed E-state index contributed by atoms with van der Waals surface area (Å²) in [5, 5.41) is 9.44. The van der Waals surface area contributed by atoms with E-state index in [4.69, 9.17) is 0 Å². The van der Waals surface area contributed by atoms with E-state index in [-0.39, 0.29) is 31.7 Å². The molecule has 254 valence electrons. The van der Waals surface area contributed by atoms with Crippen molar-refractivity contribution in [3.63, 3.8) is 0 Å². The Morgan fingerprint density at radius 1 is 0.452 bits per heavy atom. The van der Waals surface area contributed by atoms with Crippen LogP contribution < -0.4 is 10.6 Å². The molecule has 0 saturated carbocycles. The molecule has 0 aliphatic heterocycles. The van der Waals surface area contributed by atoms with Crippen LogP contribution in [0.15, 0.2) is 0 Å². The third-order valence-corrected chi connectivity index (χ3v) is 23.7. The van der Waals surface area contributed by atoms with Crippen molar-refractivity contribution in [1.29, 1.82) is 0 Å². The molecule has 0 aromatic rings. The maximum absolute atomic E-state index is 3.92. The van der Waals surface area contributed by atoms with Gasteiger partial charge >= 0.3 is 0 Å². The lowest BCUT2D eigenvalue weighted by atomic mass is 10.1. The summed E-state index contributed by atoms with van der Waals surface area (Å²) in [6.45, 7) is 49.5. The monoisotopic (exact) mass is 665 g/mol. The molecule has 0 saturated heterocycles.